The fourth-order valence-corrected chi connectivity index (χ4v) is 3.06. The highest BCUT2D eigenvalue weighted by atomic mass is 15.2. The van der Waals surface area contributed by atoms with Gasteiger partial charge in [-0.2, -0.15) is 0 Å². The minimum Gasteiger partial charge on any atom is -0.317 e. The van der Waals surface area contributed by atoms with Gasteiger partial charge in [0.05, 0.1) is 0 Å². The first-order valence-corrected chi connectivity index (χ1v) is 6.21. The summed E-state index contributed by atoms with van der Waals surface area (Å²) in [6, 6.07) is 1.66. The minimum atomic E-state index is 0.782. The lowest BCUT2D eigenvalue weighted by molar-refractivity contribution is 0.167. The monoisotopic (exact) mass is 196 g/mol. The van der Waals surface area contributed by atoms with Gasteiger partial charge in [-0.1, -0.05) is 13.3 Å². The second-order valence-electron chi connectivity index (χ2n) is 5.19. The van der Waals surface area contributed by atoms with Crippen molar-refractivity contribution in [2.75, 3.05) is 20.1 Å². The van der Waals surface area contributed by atoms with Crippen molar-refractivity contribution in [1.29, 1.82) is 0 Å². The molecule has 0 aromatic heterocycles. The summed E-state index contributed by atoms with van der Waals surface area (Å²) in [7, 11) is 2.11. The van der Waals surface area contributed by atoms with Gasteiger partial charge in [-0.15, -0.1) is 0 Å². The van der Waals surface area contributed by atoms with Crippen LogP contribution in [0.15, 0.2) is 0 Å². The summed E-state index contributed by atoms with van der Waals surface area (Å²) >= 11 is 0. The quantitative estimate of drug-likeness (QED) is 0.725. The summed E-state index contributed by atoms with van der Waals surface area (Å²) in [6.07, 6.45) is 7.03. The molecule has 0 radical (unpaired) electrons. The summed E-state index contributed by atoms with van der Waals surface area (Å²) in [5, 5.41) is 3.44. The fraction of sp³-hybridized carbons (Fsp3) is 1.00. The van der Waals surface area contributed by atoms with Crippen LogP contribution >= 0.6 is 0 Å². The topological polar surface area (TPSA) is 15.3 Å². The van der Waals surface area contributed by atoms with Crippen molar-refractivity contribution in [3.05, 3.63) is 0 Å². The molecule has 1 aliphatic carbocycles. The molecule has 3 atom stereocenters. The van der Waals surface area contributed by atoms with Gasteiger partial charge in [0, 0.05) is 18.6 Å². The molecule has 1 aliphatic heterocycles. The molecule has 0 amide bonds. The predicted molar refractivity (Wildman–Crippen MR) is 60.5 cm³/mol. The van der Waals surface area contributed by atoms with Crippen LogP contribution in [0.2, 0.25) is 0 Å². The molecule has 2 unspecified atom stereocenters. The van der Waals surface area contributed by atoms with Crippen molar-refractivity contribution in [2.45, 2.75) is 51.1 Å². The molecule has 2 nitrogen and oxygen atoms in total. The van der Waals surface area contributed by atoms with Crippen molar-refractivity contribution in [3.8, 4) is 0 Å². The van der Waals surface area contributed by atoms with Gasteiger partial charge < -0.3 is 10.2 Å². The molecule has 2 heteroatoms. The number of likely N-dealkylation sites (tertiary alicyclic amines) is 1. The van der Waals surface area contributed by atoms with E-state index >= 15 is 0 Å². The highest BCUT2D eigenvalue weighted by Gasteiger charge is 2.29. The van der Waals surface area contributed by atoms with E-state index in [9.17, 15) is 0 Å². The van der Waals surface area contributed by atoms with Crippen LogP contribution < -0.4 is 5.32 Å². The number of hydrogen-bond acceptors (Lipinski definition) is 2. The molecule has 1 saturated heterocycles. The van der Waals surface area contributed by atoms with E-state index in [1.807, 2.05) is 0 Å². The second-order valence-corrected chi connectivity index (χ2v) is 5.19. The first-order valence-electron chi connectivity index (χ1n) is 6.21. The molecule has 0 bridgehead atoms. The van der Waals surface area contributed by atoms with Crippen LogP contribution in [-0.4, -0.2) is 37.1 Å². The molecular formula is C12H24N2. The van der Waals surface area contributed by atoms with Gasteiger partial charge in [0.1, 0.15) is 0 Å². The largest absolute Gasteiger partial charge is 0.317 e. The Morgan fingerprint density at radius 2 is 2.07 bits per heavy atom. The van der Waals surface area contributed by atoms with Crippen molar-refractivity contribution in [1.82, 2.24) is 10.2 Å². The smallest absolute Gasteiger partial charge is 0.0110 e. The third-order valence-electron chi connectivity index (χ3n) is 4.03. The molecule has 0 aromatic rings. The lowest BCUT2D eigenvalue weighted by atomic mass is 9.90. The molecule has 82 valence electrons. The van der Waals surface area contributed by atoms with Gasteiger partial charge in [0.2, 0.25) is 0 Å². The molecule has 2 rings (SSSR count). The molecule has 2 fully saturated rings. The zero-order valence-electron chi connectivity index (χ0n) is 9.63. The summed E-state index contributed by atoms with van der Waals surface area (Å²) in [5.74, 6) is 0.935. The molecule has 14 heavy (non-hydrogen) atoms. The Morgan fingerprint density at radius 1 is 1.21 bits per heavy atom. The van der Waals surface area contributed by atoms with Crippen molar-refractivity contribution < 1.29 is 0 Å². The standard InChI is InChI=1S/C12H24N2/c1-10-6-7-14(9-10)12-5-3-4-11(8-12)13-2/h10-13H,3-9H2,1-2H3/t10-,11?,12?/m0/s1. The van der Waals surface area contributed by atoms with Crippen LogP contribution in [-0.2, 0) is 0 Å². The number of rotatable bonds is 2. The van der Waals surface area contributed by atoms with Crippen LogP contribution in [0.1, 0.15) is 39.0 Å². The summed E-state index contributed by atoms with van der Waals surface area (Å²) in [4.78, 5) is 2.73. The van der Waals surface area contributed by atoms with Gasteiger partial charge in [0.15, 0.2) is 0 Å². The van der Waals surface area contributed by atoms with Gasteiger partial charge in [-0.3, -0.25) is 0 Å². The van der Waals surface area contributed by atoms with Crippen LogP contribution in [0.5, 0.6) is 0 Å². The lowest BCUT2D eigenvalue weighted by Crippen LogP contribution is -2.42. The first-order chi connectivity index (χ1) is 6.79. The van der Waals surface area contributed by atoms with Crippen LogP contribution in [0.4, 0.5) is 0 Å². The van der Waals surface area contributed by atoms with Crippen LogP contribution in [0.25, 0.3) is 0 Å². The fourth-order valence-electron chi connectivity index (χ4n) is 3.06. The zero-order valence-corrected chi connectivity index (χ0v) is 9.63. The lowest BCUT2D eigenvalue weighted by Gasteiger charge is -2.35. The van der Waals surface area contributed by atoms with Gasteiger partial charge in [0.25, 0.3) is 0 Å². The van der Waals surface area contributed by atoms with E-state index in [0.29, 0.717) is 0 Å². The summed E-state index contributed by atoms with van der Waals surface area (Å²) in [5.41, 5.74) is 0. The maximum absolute atomic E-state index is 3.44. The van der Waals surface area contributed by atoms with E-state index in [-0.39, 0.29) is 0 Å². The Hall–Kier alpha value is -0.0800. The molecule has 1 heterocycles. The van der Waals surface area contributed by atoms with E-state index in [1.54, 1.807) is 0 Å². The van der Waals surface area contributed by atoms with Gasteiger partial charge in [-0.25, -0.2) is 0 Å². The summed E-state index contributed by atoms with van der Waals surface area (Å²) < 4.78 is 0. The van der Waals surface area contributed by atoms with Crippen LogP contribution in [0.3, 0.4) is 0 Å². The van der Waals surface area contributed by atoms with E-state index in [2.05, 4.69) is 24.2 Å². The third-order valence-corrected chi connectivity index (χ3v) is 4.03. The average Bonchev–Trinajstić information content (AvgIpc) is 2.65. The second kappa shape index (κ2) is 4.63. The predicted octanol–water partition coefficient (Wildman–Crippen LogP) is 1.86. The zero-order chi connectivity index (χ0) is 9.97. The van der Waals surface area contributed by atoms with E-state index in [0.717, 1.165) is 18.0 Å². The van der Waals surface area contributed by atoms with Crippen molar-refractivity contribution >= 4 is 0 Å². The van der Waals surface area contributed by atoms with Crippen molar-refractivity contribution in [2.24, 2.45) is 5.92 Å². The van der Waals surface area contributed by atoms with E-state index < -0.39 is 0 Å². The highest BCUT2D eigenvalue weighted by molar-refractivity contribution is 4.86. The number of nitrogens with one attached hydrogen (secondary N) is 1. The van der Waals surface area contributed by atoms with Gasteiger partial charge >= 0.3 is 0 Å². The highest BCUT2D eigenvalue weighted by Crippen LogP contribution is 2.27. The molecular weight excluding hydrogens is 172 g/mol. The molecule has 0 spiro atoms. The maximum atomic E-state index is 3.44. The Morgan fingerprint density at radius 3 is 2.71 bits per heavy atom. The van der Waals surface area contributed by atoms with Gasteiger partial charge in [-0.05, 0) is 45.2 Å². The molecule has 1 saturated carbocycles. The first kappa shape index (κ1) is 10.4. The molecule has 0 aromatic carbocycles. The minimum absolute atomic E-state index is 0.782. The maximum Gasteiger partial charge on any atom is 0.0110 e. The van der Waals surface area contributed by atoms with Crippen LogP contribution in [0, 0.1) is 5.92 Å². The molecule has 2 aliphatic rings. The van der Waals surface area contributed by atoms with Crippen molar-refractivity contribution in [3.63, 3.8) is 0 Å². The number of hydrogen-bond donors (Lipinski definition) is 1. The Labute approximate surface area is 88.1 Å². The normalized spacial score (nSPS) is 40.3. The van der Waals surface area contributed by atoms with E-state index in [4.69, 9.17) is 0 Å². The number of nitrogens with zero attached hydrogens (tertiary/aromatic N) is 1. The Kier molecular flexibility index (Phi) is 3.45. The summed E-state index contributed by atoms with van der Waals surface area (Å²) in [6.45, 7) is 5.09. The third kappa shape index (κ3) is 2.29. The molecule has 1 N–H and O–H groups in total. The SMILES string of the molecule is CNC1CCCC(N2CC[C@H](C)C2)C1. The average molecular weight is 196 g/mol. The Bertz CT molecular complexity index is 181. The Balaban J connectivity index is 1.84. The van der Waals surface area contributed by atoms with E-state index in [1.165, 1.54) is 45.2 Å².